The maximum Gasteiger partial charge on any atom is 0.257 e. The number of ether oxygens (including phenoxy) is 1. The zero-order chi connectivity index (χ0) is 19.2. The first kappa shape index (κ1) is 21.2. The first-order chi connectivity index (χ1) is 12.3. The molecule has 0 atom stereocenters. The quantitative estimate of drug-likeness (QED) is 0.684. The molecular weight excluding hydrogens is 401 g/mol. The van der Waals surface area contributed by atoms with Crippen LogP contribution in [0.15, 0.2) is 18.2 Å². The van der Waals surface area contributed by atoms with Crippen molar-refractivity contribution in [2.24, 2.45) is 0 Å². The number of hydrogen-bond acceptors (Lipinski definition) is 5. The van der Waals surface area contributed by atoms with E-state index in [0.29, 0.717) is 28.9 Å². The molecular formula is C16H23Cl2N3O4S. The molecule has 26 heavy (non-hydrogen) atoms. The summed E-state index contributed by atoms with van der Waals surface area (Å²) >= 11 is 11.7. The van der Waals surface area contributed by atoms with Crippen molar-refractivity contribution in [3.05, 3.63) is 28.2 Å². The normalized spacial score (nSPS) is 16.4. The maximum absolute atomic E-state index is 12.3. The third kappa shape index (κ3) is 6.28. The monoisotopic (exact) mass is 423 g/mol. The fourth-order valence-electron chi connectivity index (χ4n) is 2.56. The van der Waals surface area contributed by atoms with Crippen LogP contribution < -0.4 is 10.1 Å². The summed E-state index contributed by atoms with van der Waals surface area (Å²) < 4.78 is 31.4. The molecule has 0 bridgehead atoms. The summed E-state index contributed by atoms with van der Waals surface area (Å²) in [5.41, 5.74) is 0. The van der Waals surface area contributed by atoms with Crippen LogP contribution in [0.1, 0.15) is 6.92 Å². The molecule has 7 nitrogen and oxygen atoms in total. The summed E-state index contributed by atoms with van der Waals surface area (Å²) in [6, 6.07) is 4.69. The highest BCUT2D eigenvalue weighted by Crippen LogP contribution is 2.27. The zero-order valence-electron chi connectivity index (χ0n) is 14.6. The van der Waals surface area contributed by atoms with Gasteiger partial charge in [0.25, 0.3) is 5.91 Å². The van der Waals surface area contributed by atoms with Gasteiger partial charge in [0, 0.05) is 37.7 Å². The molecule has 0 unspecified atom stereocenters. The Balaban J connectivity index is 1.72. The lowest BCUT2D eigenvalue weighted by atomic mass is 10.3. The Bertz CT molecular complexity index is 722. The lowest BCUT2D eigenvalue weighted by Crippen LogP contribution is -2.50. The van der Waals surface area contributed by atoms with E-state index in [-0.39, 0.29) is 18.9 Å². The minimum atomic E-state index is -3.37. The summed E-state index contributed by atoms with van der Waals surface area (Å²) in [6.07, 6.45) is 0. The molecule has 1 heterocycles. The lowest BCUT2D eigenvalue weighted by Gasteiger charge is -2.33. The fourth-order valence-corrected chi connectivity index (χ4v) is 4.36. The molecule has 1 aromatic rings. The van der Waals surface area contributed by atoms with E-state index >= 15 is 0 Å². The highest BCUT2D eigenvalue weighted by molar-refractivity contribution is 7.89. The molecule has 1 amide bonds. The molecule has 0 aliphatic carbocycles. The number of nitrogens with one attached hydrogen (secondary N) is 1. The molecule has 1 saturated heterocycles. The van der Waals surface area contributed by atoms with E-state index in [2.05, 4.69) is 17.1 Å². The number of carbonyl (C=O) groups is 1. The van der Waals surface area contributed by atoms with Crippen molar-refractivity contribution < 1.29 is 17.9 Å². The van der Waals surface area contributed by atoms with Crippen LogP contribution in [0.5, 0.6) is 5.75 Å². The molecule has 1 aliphatic heterocycles. The van der Waals surface area contributed by atoms with Gasteiger partial charge in [-0.2, -0.15) is 4.31 Å². The molecule has 10 heteroatoms. The third-order valence-electron chi connectivity index (χ3n) is 4.11. The van der Waals surface area contributed by atoms with E-state index in [1.165, 1.54) is 10.4 Å². The molecule has 1 aromatic carbocycles. The molecule has 146 valence electrons. The van der Waals surface area contributed by atoms with Crippen LogP contribution in [0.25, 0.3) is 0 Å². The van der Waals surface area contributed by atoms with Crippen molar-refractivity contribution in [1.29, 1.82) is 0 Å². The smallest absolute Gasteiger partial charge is 0.257 e. The molecule has 2 rings (SSSR count). The maximum atomic E-state index is 12.3. The minimum absolute atomic E-state index is 0.0346. The van der Waals surface area contributed by atoms with Crippen LogP contribution in [0.3, 0.4) is 0 Å². The van der Waals surface area contributed by atoms with E-state index in [9.17, 15) is 13.2 Å². The second-order valence-corrected chi connectivity index (χ2v) is 8.79. The van der Waals surface area contributed by atoms with Gasteiger partial charge in [0.05, 0.1) is 10.8 Å². The number of carbonyl (C=O) groups excluding carboxylic acids is 1. The van der Waals surface area contributed by atoms with Crippen LogP contribution in [0.4, 0.5) is 0 Å². The number of halogens is 2. The average Bonchev–Trinajstić information content (AvgIpc) is 2.61. The first-order valence-corrected chi connectivity index (χ1v) is 10.7. The third-order valence-corrected chi connectivity index (χ3v) is 6.51. The number of piperazine rings is 1. The van der Waals surface area contributed by atoms with Gasteiger partial charge < -0.3 is 15.0 Å². The van der Waals surface area contributed by atoms with Crippen LogP contribution in [0, 0.1) is 0 Å². The standard InChI is InChI=1S/C16H23Cl2N3O4S/c1-2-20-6-8-21(9-7-20)26(23,24)10-5-19-16(22)12-25-15-4-3-13(17)11-14(15)18/h3-4,11H,2,5-10,12H2,1H3,(H,19,22). The SMILES string of the molecule is CCN1CCN(S(=O)(=O)CCNC(=O)COc2ccc(Cl)cc2Cl)CC1. The van der Waals surface area contributed by atoms with Gasteiger partial charge in [-0.15, -0.1) is 0 Å². The van der Waals surface area contributed by atoms with Crippen molar-refractivity contribution in [2.45, 2.75) is 6.92 Å². The van der Waals surface area contributed by atoms with Crippen LogP contribution in [-0.4, -0.2) is 75.2 Å². The minimum Gasteiger partial charge on any atom is -0.482 e. The van der Waals surface area contributed by atoms with Gasteiger partial charge in [-0.1, -0.05) is 30.1 Å². The number of nitrogens with zero attached hydrogens (tertiary/aromatic N) is 2. The van der Waals surface area contributed by atoms with Gasteiger partial charge in [0.15, 0.2) is 6.61 Å². The Kier molecular flexibility index (Phi) is 7.97. The Morgan fingerprint density at radius 2 is 1.92 bits per heavy atom. The number of hydrogen-bond donors (Lipinski definition) is 1. The van der Waals surface area contributed by atoms with Gasteiger partial charge in [0.1, 0.15) is 5.75 Å². The molecule has 0 radical (unpaired) electrons. The highest BCUT2D eigenvalue weighted by atomic mass is 35.5. The summed E-state index contributed by atoms with van der Waals surface area (Å²) in [5, 5.41) is 3.32. The van der Waals surface area contributed by atoms with E-state index < -0.39 is 15.9 Å². The zero-order valence-corrected chi connectivity index (χ0v) is 16.9. The van der Waals surface area contributed by atoms with Crippen LogP contribution in [0.2, 0.25) is 10.0 Å². The summed E-state index contributed by atoms with van der Waals surface area (Å²) in [4.78, 5) is 14.0. The molecule has 1 fully saturated rings. The second-order valence-electron chi connectivity index (χ2n) is 5.86. The largest absolute Gasteiger partial charge is 0.482 e. The van der Waals surface area contributed by atoms with Crippen molar-refractivity contribution in [2.75, 3.05) is 51.6 Å². The topological polar surface area (TPSA) is 79.0 Å². The summed E-state index contributed by atoms with van der Waals surface area (Å²) in [6.45, 7) is 5.20. The molecule has 0 spiro atoms. The lowest BCUT2D eigenvalue weighted by molar-refractivity contribution is -0.122. The van der Waals surface area contributed by atoms with Gasteiger partial charge >= 0.3 is 0 Å². The van der Waals surface area contributed by atoms with E-state index in [4.69, 9.17) is 27.9 Å². The molecule has 0 saturated carbocycles. The van der Waals surface area contributed by atoms with Crippen LogP contribution >= 0.6 is 23.2 Å². The summed E-state index contributed by atoms with van der Waals surface area (Å²) in [7, 11) is -3.37. The van der Waals surface area contributed by atoms with E-state index in [0.717, 1.165) is 19.6 Å². The Labute approximate surface area is 164 Å². The number of likely N-dealkylation sites (N-methyl/N-ethyl adjacent to an activating group) is 1. The van der Waals surface area contributed by atoms with Gasteiger partial charge in [0.2, 0.25) is 10.0 Å². The Morgan fingerprint density at radius 1 is 1.23 bits per heavy atom. The first-order valence-electron chi connectivity index (χ1n) is 8.36. The number of amides is 1. The van der Waals surface area contributed by atoms with Crippen molar-refractivity contribution in [3.63, 3.8) is 0 Å². The molecule has 1 aliphatic rings. The van der Waals surface area contributed by atoms with Crippen molar-refractivity contribution in [1.82, 2.24) is 14.5 Å². The average molecular weight is 424 g/mol. The summed E-state index contributed by atoms with van der Waals surface area (Å²) in [5.74, 6) is -0.207. The molecule has 0 aromatic heterocycles. The second kappa shape index (κ2) is 9.75. The van der Waals surface area contributed by atoms with Gasteiger partial charge in [-0.3, -0.25) is 4.79 Å². The number of rotatable bonds is 8. The van der Waals surface area contributed by atoms with Crippen molar-refractivity contribution in [3.8, 4) is 5.75 Å². The Morgan fingerprint density at radius 3 is 2.54 bits per heavy atom. The highest BCUT2D eigenvalue weighted by Gasteiger charge is 2.26. The Hall–Kier alpha value is -1.06. The number of benzene rings is 1. The van der Waals surface area contributed by atoms with Crippen molar-refractivity contribution >= 4 is 39.1 Å². The van der Waals surface area contributed by atoms with Gasteiger partial charge in [-0.05, 0) is 24.7 Å². The predicted octanol–water partition coefficient (Wildman–Crippen LogP) is 1.46. The van der Waals surface area contributed by atoms with Crippen LogP contribution in [-0.2, 0) is 14.8 Å². The van der Waals surface area contributed by atoms with E-state index in [1.54, 1.807) is 12.1 Å². The fraction of sp³-hybridized carbons (Fsp3) is 0.562. The molecule has 1 N–H and O–H groups in total. The predicted molar refractivity (Wildman–Crippen MR) is 102 cm³/mol. The van der Waals surface area contributed by atoms with E-state index in [1.807, 2.05) is 0 Å². The van der Waals surface area contributed by atoms with Gasteiger partial charge in [-0.25, -0.2) is 8.42 Å². The number of sulfonamides is 1.